The van der Waals surface area contributed by atoms with Crippen LogP contribution in [0.3, 0.4) is 0 Å². The lowest BCUT2D eigenvalue weighted by molar-refractivity contribution is 0.174. The van der Waals surface area contributed by atoms with Crippen LogP contribution in [0.15, 0.2) is 12.1 Å². The van der Waals surface area contributed by atoms with Crippen molar-refractivity contribution in [3.63, 3.8) is 0 Å². The highest BCUT2D eigenvalue weighted by Gasteiger charge is 2.21. The van der Waals surface area contributed by atoms with Crippen LogP contribution in [0.4, 0.5) is 0 Å². The predicted octanol–water partition coefficient (Wildman–Crippen LogP) is 3.09. The standard InChI is InChI=1S/C15H23ClN2O2/c1-3-10(4-2)8-18-13(7-17)11-5-12(16)15-14(6-11)19-9-20-15/h5-6,10,13,18H,3-4,7-9,17H2,1-2H3. The molecular formula is C15H23ClN2O2. The van der Waals surface area contributed by atoms with Crippen LogP contribution in [0.1, 0.15) is 38.3 Å². The van der Waals surface area contributed by atoms with Crippen molar-refractivity contribution < 1.29 is 9.47 Å². The average molecular weight is 299 g/mol. The van der Waals surface area contributed by atoms with E-state index in [0.717, 1.165) is 12.1 Å². The Balaban J connectivity index is 2.09. The van der Waals surface area contributed by atoms with E-state index in [2.05, 4.69) is 19.2 Å². The summed E-state index contributed by atoms with van der Waals surface area (Å²) in [5, 5.41) is 4.11. The number of hydrogen-bond donors (Lipinski definition) is 2. The lowest BCUT2D eigenvalue weighted by atomic mass is 10.0. The number of rotatable bonds is 7. The number of benzene rings is 1. The smallest absolute Gasteiger partial charge is 0.231 e. The molecule has 0 saturated heterocycles. The predicted molar refractivity (Wildman–Crippen MR) is 81.4 cm³/mol. The van der Waals surface area contributed by atoms with Gasteiger partial charge in [0.2, 0.25) is 6.79 Å². The first-order chi connectivity index (χ1) is 9.69. The Morgan fingerprint density at radius 1 is 1.30 bits per heavy atom. The zero-order valence-corrected chi connectivity index (χ0v) is 12.9. The number of hydrogen-bond acceptors (Lipinski definition) is 4. The first kappa shape index (κ1) is 15.4. The van der Waals surface area contributed by atoms with E-state index in [1.165, 1.54) is 12.8 Å². The number of halogens is 1. The molecule has 1 aliphatic rings. The van der Waals surface area contributed by atoms with Gasteiger partial charge in [-0.05, 0) is 30.2 Å². The molecule has 0 fully saturated rings. The van der Waals surface area contributed by atoms with Gasteiger partial charge in [-0.3, -0.25) is 0 Å². The first-order valence-corrected chi connectivity index (χ1v) is 7.59. The Bertz CT molecular complexity index is 450. The Hall–Kier alpha value is -0.970. The summed E-state index contributed by atoms with van der Waals surface area (Å²) in [5.74, 6) is 2.01. The molecule has 112 valence electrons. The fourth-order valence-corrected chi connectivity index (χ4v) is 2.69. The van der Waals surface area contributed by atoms with Gasteiger partial charge in [0.05, 0.1) is 5.02 Å². The fourth-order valence-electron chi connectivity index (χ4n) is 2.41. The van der Waals surface area contributed by atoms with Crippen LogP contribution in [0, 0.1) is 5.92 Å². The second-order valence-corrected chi connectivity index (χ2v) is 5.52. The van der Waals surface area contributed by atoms with Crippen LogP contribution in [0.2, 0.25) is 5.02 Å². The molecule has 1 aromatic rings. The highest BCUT2D eigenvalue weighted by Crippen LogP contribution is 2.40. The zero-order valence-electron chi connectivity index (χ0n) is 12.1. The van der Waals surface area contributed by atoms with Crippen molar-refractivity contribution in [3.05, 3.63) is 22.7 Å². The first-order valence-electron chi connectivity index (χ1n) is 7.22. The van der Waals surface area contributed by atoms with Gasteiger partial charge < -0.3 is 20.5 Å². The maximum Gasteiger partial charge on any atom is 0.231 e. The lowest BCUT2D eigenvalue weighted by Gasteiger charge is -2.21. The summed E-state index contributed by atoms with van der Waals surface area (Å²) in [7, 11) is 0. The van der Waals surface area contributed by atoms with Gasteiger partial charge in [0.1, 0.15) is 0 Å². The Morgan fingerprint density at radius 2 is 2.05 bits per heavy atom. The molecule has 1 heterocycles. The largest absolute Gasteiger partial charge is 0.454 e. The molecule has 4 nitrogen and oxygen atoms in total. The van der Waals surface area contributed by atoms with E-state index in [0.29, 0.717) is 29.0 Å². The monoisotopic (exact) mass is 298 g/mol. The number of ether oxygens (including phenoxy) is 2. The quantitative estimate of drug-likeness (QED) is 0.812. The molecule has 0 aliphatic carbocycles. The molecule has 0 bridgehead atoms. The van der Waals surface area contributed by atoms with Crippen molar-refractivity contribution in [3.8, 4) is 11.5 Å². The van der Waals surface area contributed by atoms with E-state index >= 15 is 0 Å². The molecule has 3 N–H and O–H groups in total. The third kappa shape index (κ3) is 3.37. The van der Waals surface area contributed by atoms with Gasteiger partial charge >= 0.3 is 0 Å². The lowest BCUT2D eigenvalue weighted by Crippen LogP contribution is -2.32. The van der Waals surface area contributed by atoms with Gasteiger partial charge in [-0.1, -0.05) is 38.3 Å². The minimum atomic E-state index is 0.0857. The van der Waals surface area contributed by atoms with Crippen molar-refractivity contribution in [2.75, 3.05) is 19.9 Å². The van der Waals surface area contributed by atoms with Crippen LogP contribution in [-0.4, -0.2) is 19.9 Å². The number of nitrogens with two attached hydrogens (primary N) is 1. The van der Waals surface area contributed by atoms with Crippen molar-refractivity contribution in [2.24, 2.45) is 11.7 Å². The molecule has 1 atom stereocenters. The third-order valence-electron chi connectivity index (χ3n) is 3.90. The molecule has 2 rings (SSSR count). The van der Waals surface area contributed by atoms with Gasteiger partial charge in [-0.25, -0.2) is 0 Å². The Labute approximate surface area is 125 Å². The van der Waals surface area contributed by atoms with Gasteiger partial charge in [-0.2, -0.15) is 0 Å². The number of fused-ring (bicyclic) bond motifs is 1. The summed E-state index contributed by atoms with van der Waals surface area (Å²) in [6.45, 7) is 6.14. The molecule has 0 aromatic heterocycles. The third-order valence-corrected chi connectivity index (χ3v) is 4.18. The molecule has 0 radical (unpaired) electrons. The van der Waals surface area contributed by atoms with E-state index in [4.69, 9.17) is 26.8 Å². The molecule has 1 aromatic carbocycles. The molecule has 0 amide bonds. The van der Waals surface area contributed by atoms with Crippen molar-refractivity contribution in [2.45, 2.75) is 32.7 Å². The minimum Gasteiger partial charge on any atom is -0.454 e. The molecule has 5 heteroatoms. The molecular weight excluding hydrogens is 276 g/mol. The van der Waals surface area contributed by atoms with E-state index in [1.807, 2.05) is 12.1 Å². The molecule has 1 unspecified atom stereocenters. The van der Waals surface area contributed by atoms with Crippen LogP contribution in [0.5, 0.6) is 11.5 Å². The summed E-state index contributed by atoms with van der Waals surface area (Å²) in [5.41, 5.74) is 6.94. The zero-order chi connectivity index (χ0) is 14.5. The summed E-state index contributed by atoms with van der Waals surface area (Å²) in [6.07, 6.45) is 2.34. The van der Waals surface area contributed by atoms with Crippen LogP contribution < -0.4 is 20.5 Å². The van der Waals surface area contributed by atoms with Crippen LogP contribution >= 0.6 is 11.6 Å². The highest BCUT2D eigenvalue weighted by molar-refractivity contribution is 6.32. The summed E-state index contributed by atoms with van der Waals surface area (Å²) < 4.78 is 10.7. The second kappa shape index (κ2) is 7.16. The van der Waals surface area contributed by atoms with Gasteiger partial charge in [0.25, 0.3) is 0 Å². The molecule has 1 aliphatic heterocycles. The van der Waals surface area contributed by atoms with Gasteiger partial charge in [0, 0.05) is 12.6 Å². The Morgan fingerprint density at radius 3 is 2.70 bits per heavy atom. The maximum absolute atomic E-state index is 6.22. The van der Waals surface area contributed by atoms with E-state index in [9.17, 15) is 0 Å². The fraction of sp³-hybridized carbons (Fsp3) is 0.600. The SMILES string of the molecule is CCC(CC)CNC(CN)c1cc(Cl)c2c(c1)OCO2. The number of nitrogens with one attached hydrogen (secondary N) is 1. The summed E-state index contributed by atoms with van der Waals surface area (Å²) >= 11 is 6.22. The van der Waals surface area contributed by atoms with Crippen molar-refractivity contribution >= 4 is 11.6 Å². The summed E-state index contributed by atoms with van der Waals surface area (Å²) in [6, 6.07) is 3.96. The van der Waals surface area contributed by atoms with Crippen molar-refractivity contribution in [1.29, 1.82) is 0 Å². The van der Waals surface area contributed by atoms with Gasteiger partial charge in [0.15, 0.2) is 11.5 Å². The molecule has 0 saturated carbocycles. The van der Waals surface area contributed by atoms with Crippen LogP contribution in [-0.2, 0) is 0 Å². The Kier molecular flexibility index (Phi) is 5.52. The highest BCUT2D eigenvalue weighted by atomic mass is 35.5. The van der Waals surface area contributed by atoms with E-state index in [-0.39, 0.29) is 12.8 Å². The average Bonchev–Trinajstić information content (AvgIpc) is 2.93. The minimum absolute atomic E-state index is 0.0857. The molecule has 0 spiro atoms. The molecule has 20 heavy (non-hydrogen) atoms. The van der Waals surface area contributed by atoms with E-state index < -0.39 is 0 Å². The second-order valence-electron chi connectivity index (χ2n) is 5.12. The normalized spacial score (nSPS) is 14.8. The van der Waals surface area contributed by atoms with Gasteiger partial charge in [-0.15, -0.1) is 0 Å². The van der Waals surface area contributed by atoms with Crippen molar-refractivity contribution in [1.82, 2.24) is 5.32 Å². The van der Waals surface area contributed by atoms with E-state index in [1.54, 1.807) is 0 Å². The van der Waals surface area contributed by atoms with Crippen LogP contribution in [0.25, 0.3) is 0 Å². The summed E-state index contributed by atoms with van der Waals surface area (Å²) in [4.78, 5) is 0. The maximum atomic E-state index is 6.22. The topological polar surface area (TPSA) is 56.5 Å².